The fourth-order valence-corrected chi connectivity index (χ4v) is 4.09. The van der Waals surface area contributed by atoms with Crippen LogP contribution in [0.5, 0.6) is 0 Å². The van der Waals surface area contributed by atoms with Crippen molar-refractivity contribution >= 4 is 36.9 Å². The van der Waals surface area contributed by atoms with E-state index in [-0.39, 0.29) is 10.8 Å². The third kappa shape index (κ3) is 3.56. The maximum absolute atomic E-state index is 12.4. The lowest BCUT2D eigenvalue weighted by Crippen LogP contribution is -2.28. The van der Waals surface area contributed by atoms with Crippen molar-refractivity contribution < 1.29 is 8.42 Å². The fraction of sp³-hybridized carbons (Fsp3) is 0.357. The Balaban J connectivity index is 2.28. The van der Waals surface area contributed by atoms with Gasteiger partial charge in [-0.15, -0.1) is 0 Å². The number of benzene rings is 1. The van der Waals surface area contributed by atoms with Crippen LogP contribution in [0.3, 0.4) is 0 Å². The summed E-state index contributed by atoms with van der Waals surface area (Å²) < 4.78 is 27.5. The number of pyridine rings is 1. The van der Waals surface area contributed by atoms with E-state index in [4.69, 9.17) is 0 Å². The highest BCUT2D eigenvalue weighted by Gasteiger charge is 2.17. The van der Waals surface area contributed by atoms with Crippen LogP contribution >= 0.6 is 15.9 Å². The van der Waals surface area contributed by atoms with Crippen molar-refractivity contribution in [3.63, 3.8) is 0 Å². The topological polar surface area (TPSA) is 59.1 Å². The molecule has 2 rings (SSSR count). The summed E-state index contributed by atoms with van der Waals surface area (Å²) in [7, 11) is -3.51. The van der Waals surface area contributed by atoms with Crippen molar-refractivity contribution in [2.45, 2.75) is 18.2 Å². The van der Waals surface area contributed by atoms with E-state index in [2.05, 4.69) is 25.6 Å². The number of halogens is 1. The number of nitrogens with one attached hydrogen (secondary N) is 1. The zero-order chi connectivity index (χ0) is 14.6. The Hall–Kier alpha value is -0.980. The number of sulfonamides is 1. The van der Waals surface area contributed by atoms with Gasteiger partial charge >= 0.3 is 0 Å². The Morgan fingerprint density at radius 1 is 1.30 bits per heavy atom. The molecule has 0 aliphatic rings. The molecular formula is C14H17BrN2O2S. The van der Waals surface area contributed by atoms with E-state index in [1.807, 2.05) is 13.0 Å². The van der Waals surface area contributed by atoms with Gasteiger partial charge in [0, 0.05) is 23.5 Å². The minimum absolute atomic E-state index is 0.286. The van der Waals surface area contributed by atoms with Crippen LogP contribution in [0.2, 0.25) is 0 Å². The number of alkyl halides is 1. The molecule has 1 atom stereocenters. The van der Waals surface area contributed by atoms with Gasteiger partial charge in [-0.05, 0) is 36.6 Å². The van der Waals surface area contributed by atoms with Gasteiger partial charge in [-0.2, -0.15) is 0 Å². The van der Waals surface area contributed by atoms with Crippen LogP contribution in [0.1, 0.15) is 13.3 Å². The van der Waals surface area contributed by atoms with Crippen molar-refractivity contribution in [2.75, 3.05) is 11.9 Å². The molecule has 1 aromatic heterocycles. The third-order valence-electron chi connectivity index (χ3n) is 3.12. The highest BCUT2D eigenvalue weighted by atomic mass is 79.9. The van der Waals surface area contributed by atoms with Crippen LogP contribution in [0.25, 0.3) is 10.9 Å². The maximum Gasteiger partial charge on any atom is 0.241 e. The molecule has 0 aliphatic carbocycles. The number of fused-ring (bicyclic) bond motifs is 1. The van der Waals surface area contributed by atoms with Crippen LogP contribution in [0.4, 0.5) is 0 Å². The summed E-state index contributed by atoms with van der Waals surface area (Å²) in [6.07, 6.45) is 2.59. The molecule has 0 saturated heterocycles. The summed E-state index contributed by atoms with van der Waals surface area (Å²) in [6, 6.07) is 8.66. The van der Waals surface area contributed by atoms with Crippen LogP contribution in [-0.2, 0) is 10.0 Å². The molecular weight excluding hydrogens is 340 g/mol. The number of nitrogens with zero attached hydrogens (tertiary/aromatic N) is 1. The van der Waals surface area contributed by atoms with Crippen molar-refractivity contribution in [1.29, 1.82) is 0 Å². The monoisotopic (exact) mass is 356 g/mol. The Labute approximate surface area is 127 Å². The van der Waals surface area contributed by atoms with E-state index < -0.39 is 10.0 Å². The second-order valence-corrected chi connectivity index (χ2v) is 7.29. The molecule has 0 spiro atoms. The van der Waals surface area contributed by atoms with Crippen LogP contribution in [0, 0.1) is 5.92 Å². The third-order valence-corrected chi connectivity index (χ3v) is 5.06. The molecule has 1 aromatic carbocycles. The summed E-state index contributed by atoms with van der Waals surface area (Å²) in [6.45, 7) is 2.46. The molecule has 4 nitrogen and oxygen atoms in total. The van der Waals surface area contributed by atoms with Crippen molar-refractivity contribution in [1.82, 2.24) is 9.71 Å². The number of rotatable bonds is 6. The molecule has 0 fully saturated rings. The van der Waals surface area contributed by atoms with E-state index in [1.54, 1.807) is 30.5 Å². The highest BCUT2D eigenvalue weighted by molar-refractivity contribution is 9.09. The molecule has 2 aromatic rings. The van der Waals surface area contributed by atoms with Gasteiger partial charge in [-0.25, -0.2) is 13.1 Å². The summed E-state index contributed by atoms with van der Waals surface area (Å²) in [5.41, 5.74) is 0.684. The van der Waals surface area contributed by atoms with Crippen molar-refractivity contribution in [2.24, 2.45) is 5.92 Å². The number of hydrogen-bond donors (Lipinski definition) is 1. The van der Waals surface area contributed by atoms with E-state index in [0.717, 1.165) is 11.8 Å². The Bertz CT molecular complexity index is 683. The average Bonchev–Trinajstić information content (AvgIpc) is 2.45. The Morgan fingerprint density at radius 2 is 2.10 bits per heavy atom. The molecule has 1 N–H and O–H groups in total. The predicted octanol–water partition coefficient (Wildman–Crippen LogP) is 2.93. The minimum Gasteiger partial charge on any atom is -0.256 e. The van der Waals surface area contributed by atoms with Gasteiger partial charge in [-0.3, -0.25) is 4.98 Å². The first-order valence-electron chi connectivity index (χ1n) is 6.44. The summed E-state index contributed by atoms with van der Waals surface area (Å²) in [4.78, 5) is 4.47. The molecule has 0 amide bonds. The van der Waals surface area contributed by atoms with E-state index in [0.29, 0.717) is 17.4 Å². The quantitative estimate of drug-likeness (QED) is 0.809. The molecule has 1 unspecified atom stereocenters. The zero-order valence-electron chi connectivity index (χ0n) is 11.2. The van der Waals surface area contributed by atoms with Crippen LogP contribution in [0.15, 0.2) is 41.4 Å². The van der Waals surface area contributed by atoms with Gasteiger partial charge < -0.3 is 0 Å². The van der Waals surface area contributed by atoms with Crippen molar-refractivity contribution in [3.05, 3.63) is 36.5 Å². The molecule has 20 heavy (non-hydrogen) atoms. The summed E-state index contributed by atoms with van der Waals surface area (Å²) in [5.74, 6) is 0.289. The van der Waals surface area contributed by atoms with E-state index in [9.17, 15) is 8.42 Å². The second kappa shape index (κ2) is 6.65. The smallest absolute Gasteiger partial charge is 0.241 e. The number of aromatic nitrogens is 1. The predicted molar refractivity (Wildman–Crippen MR) is 84.5 cm³/mol. The normalized spacial score (nSPS) is 13.5. The zero-order valence-corrected chi connectivity index (χ0v) is 13.6. The molecule has 0 saturated carbocycles. The SMILES string of the molecule is CC(CCBr)CNS(=O)(=O)c1cccc2ncccc12. The Kier molecular flexibility index (Phi) is 5.12. The van der Waals surface area contributed by atoms with E-state index in [1.165, 1.54) is 0 Å². The first-order valence-corrected chi connectivity index (χ1v) is 9.04. The molecule has 6 heteroatoms. The fourth-order valence-electron chi connectivity index (χ4n) is 1.93. The lowest BCUT2D eigenvalue weighted by Gasteiger charge is -2.12. The molecule has 1 heterocycles. The van der Waals surface area contributed by atoms with Gasteiger partial charge in [-0.1, -0.05) is 28.9 Å². The van der Waals surface area contributed by atoms with Crippen molar-refractivity contribution in [3.8, 4) is 0 Å². The van der Waals surface area contributed by atoms with Crippen LogP contribution in [-0.4, -0.2) is 25.3 Å². The highest BCUT2D eigenvalue weighted by Crippen LogP contribution is 2.21. The largest absolute Gasteiger partial charge is 0.256 e. The minimum atomic E-state index is -3.51. The van der Waals surface area contributed by atoms with Crippen LogP contribution < -0.4 is 4.72 Å². The van der Waals surface area contributed by atoms with Gasteiger partial charge in [0.05, 0.1) is 10.4 Å². The lowest BCUT2D eigenvalue weighted by molar-refractivity contribution is 0.532. The first kappa shape index (κ1) is 15.4. The Morgan fingerprint density at radius 3 is 2.85 bits per heavy atom. The lowest BCUT2D eigenvalue weighted by atomic mass is 10.1. The summed E-state index contributed by atoms with van der Waals surface area (Å²) in [5, 5.41) is 1.52. The standard InChI is InChI=1S/C14H17BrN2O2S/c1-11(7-8-15)10-17-20(18,19)14-6-2-5-13-12(14)4-3-9-16-13/h2-6,9,11,17H,7-8,10H2,1H3. The van der Waals surface area contributed by atoms with E-state index >= 15 is 0 Å². The molecule has 0 bridgehead atoms. The van der Waals surface area contributed by atoms with Gasteiger partial charge in [0.25, 0.3) is 0 Å². The number of hydrogen-bond acceptors (Lipinski definition) is 3. The van der Waals surface area contributed by atoms with Gasteiger partial charge in [0.15, 0.2) is 0 Å². The summed E-state index contributed by atoms with van der Waals surface area (Å²) >= 11 is 3.36. The average molecular weight is 357 g/mol. The second-order valence-electron chi connectivity index (χ2n) is 4.76. The van der Waals surface area contributed by atoms with Gasteiger partial charge in [0.2, 0.25) is 10.0 Å². The van der Waals surface area contributed by atoms with Gasteiger partial charge in [0.1, 0.15) is 0 Å². The molecule has 0 radical (unpaired) electrons. The maximum atomic E-state index is 12.4. The molecule has 0 aliphatic heterocycles. The molecule has 108 valence electrons. The first-order chi connectivity index (χ1) is 9.54.